The molecule has 1 unspecified atom stereocenters. The molecule has 18 heavy (non-hydrogen) atoms. The van der Waals surface area contributed by atoms with Gasteiger partial charge in [-0.3, -0.25) is 0 Å². The summed E-state index contributed by atoms with van der Waals surface area (Å²) in [5.41, 5.74) is 0.499. The number of methoxy groups -OCH3 is 1. The highest BCUT2D eigenvalue weighted by Gasteiger charge is 2.30. The lowest BCUT2D eigenvalue weighted by Gasteiger charge is -2.24. The van der Waals surface area contributed by atoms with Crippen LogP contribution in [0.2, 0.25) is 0 Å². The number of ether oxygens (including phenoxy) is 1. The molecule has 1 aliphatic rings. The number of hydrogen-bond donors (Lipinski definition) is 3. The minimum atomic E-state index is -0.203. The van der Waals surface area contributed by atoms with E-state index in [2.05, 4.69) is 16.0 Å². The highest BCUT2D eigenvalue weighted by Crippen LogP contribution is 2.23. The maximum atomic E-state index is 11.9. The van der Waals surface area contributed by atoms with E-state index in [-0.39, 0.29) is 11.6 Å². The molecule has 1 saturated heterocycles. The Morgan fingerprint density at radius 3 is 2.89 bits per heavy atom. The third-order valence-electron chi connectivity index (χ3n) is 3.14. The zero-order chi connectivity index (χ0) is 13.0. The van der Waals surface area contributed by atoms with Gasteiger partial charge in [0.05, 0.1) is 18.3 Å². The first kappa shape index (κ1) is 12.7. The van der Waals surface area contributed by atoms with Crippen molar-refractivity contribution >= 4 is 11.7 Å². The normalized spacial score (nSPS) is 22.6. The lowest BCUT2D eigenvalue weighted by molar-refractivity contribution is 0.241. The van der Waals surface area contributed by atoms with Crippen molar-refractivity contribution in [3.8, 4) is 5.75 Å². The van der Waals surface area contributed by atoms with Gasteiger partial charge in [-0.15, -0.1) is 0 Å². The standard InChI is InChI=1S/C13H19N3O2/c1-13(7-8-14-9-13)16-12(17)15-10-5-3-4-6-11(10)18-2/h3-6,14H,7-9H2,1-2H3,(H2,15,16,17). The number of urea groups is 1. The van der Waals surface area contributed by atoms with Crippen molar-refractivity contribution in [3.05, 3.63) is 24.3 Å². The van der Waals surface area contributed by atoms with Crippen LogP contribution >= 0.6 is 0 Å². The van der Waals surface area contributed by atoms with E-state index >= 15 is 0 Å². The first-order valence-corrected chi connectivity index (χ1v) is 6.06. The summed E-state index contributed by atoms with van der Waals surface area (Å²) in [6.45, 7) is 3.77. The molecule has 98 valence electrons. The minimum Gasteiger partial charge on any atom is -0.495 e. The SMILES string of the molecule is COc1ccccc1NC(=O)NC1(C)CCNC1. The van der Waals surface area contributed by atoms with Crippen LogP contribution in [-0.2, 0) is 0 Å². The maximum absolute atomic E-state index is 11.9. The van der Waals surface area contributed by atoms with Crippen molar-refractivity contribution in [2.75, 3.05) is 25.5 Å². The van der Waals surface area contributed by atoms with Gasteiger partial charge >= 0.3 is 6.03 Å². The molecule has 2 rings (SSSR count). The third kappa shape index (κ3) is 2.92. The van der Waals surface area contributed by atoms with Crippen LogP contribution in [0.15, 0.2) is 24.3 Å². The van der Waals surface area contributed by atoms with Crippen LogP contribution in [0.5, 0.6) is 5.75 Å². The largest absolute Gasteiger partial charge is 0.495 e. The fourth-order valence-corrected chi connectivity index (χ4v) is 2.10. The fourth-order valence-electron chi connectivity index (χ4n) is 2.10. The van der Waals surface area contributed by atoms with E-state index in [0.29, 0.717) is 11.4 Å². The van der Waals surface area contributed by atoms with Crippen LogP contribution in [0.4, 0.5) is 10.5 Å². The Labute approximate surface area is 107 Å². The lowest BCUT2D eigenvalue weighted by atomic mass is 10.0. The number of nitrogens with one attached hydrogen (secondary N) is 3. The Bertz CT molecular complexity index is 428. The Kier molecular flexibility index (Phi) is 3.72. The number of hydrogen-bond acceptors (Lipinski definition) is 3. The highest BCUT2D eigenvalue weighted by molar-refractivity contribution is 5.91. The van der Waals surface area contributed by atoms with E-state index in [4.69, 9.17) is 4.74 Å². The Morgan fingerprint density at radius 1 is 1.44 bits per heavy atom. The number of anilines is 1. The van der Waals surface area contributed by atoms with Crippen molar-refractivity contribution in [1.82, 2.24) is 10.6 Å². The summed E-state index contributed by atoms with van der Waals surface area (Å²) >= 11 is 0. The first-order chi connectivity index (χ1) is 8.63. The summed E-state index contributed by atoms with van der Waals surface area (Å²) in [7, 11) is 1.58. The Balaban J connectivity index is 1.98. The predicted octanol–water partition coefficient (Wildman–Crippen LogP) is 1.57. The van der Waals surface area contributed by atoms with Gasteiger partial charge in [0.25, 0.3) is 0 Å². The molecule has 0 saturated carbocycles. The molecule has 1 heterocycles. The maximum Gasteiger partial charge on any atom is 0.319 e. The van der Waals surface area contributed by atoms with Gasteiger partial charge in [-0.25, -0.2) is 4.79 Å². The average molecular weight is 249 g/mol. The van der Waals surface area contributed by atoms with E-state index in [9.17, 15) is 4.79 Å². The van der Waals surface area contributed by atoms with E-state index in [1.807, 2.05) is 31.2 Å². The second kappa shape index (κ2) is 5.27. The van der Waals surface area contributed by atoms with Crippen molar-refractivity contribution in [3.63, 3.8) is 0 Å². The number of carbonyl (C=O) groups is 1. The molecule has 1 atom stereocenters. The molecule has 1 aromatic rings. The summed E-state index contributed by atoms with van der Waals surface area (Å²) in [5.74, 6) is 0.655. The van der Waals surface area contributed by atoms with Crippen molar-refractivity contribution < 1.29 is 9.53 Å². The molecule has 0 radical (unpaired) electrons. The third-order valence-corrected chi connectivity index (χ3v) is 3.14. The van der Waals surface area contributed by atoms with Crippen molar-refractivity contribution in [2.24, 2.45) is 0 Å². The molecule has 0 bridgehead atoms. The quantitative estimate of drug-likeness (QED) is 0.762. The van der Waals surface area contributed by atoms with Crippen LogP contribution in [0.1, 0.15) is 13.3 Å². The second-order valence-electron chi connectivity index (χ2n) is 4.77. The summed E-state index contributed by atoms with van der Waals surface area (Å²) in [5, 5.41) is 9.04. The topological polar surface area (TPSA) is 62.4 Å². The molecular formula is C13H19N3O2. The molecule has 0 aliphatic carbocycles. The van der Waals surface area contributed by atoms with E-state index in [1.54, 1.807) is 7.11 Å². The Morgan fingerprint density at radius 2 is 2.22 bits per heavy atom. The number of benzene rings is 1. The van der Waals surface area contributed by atoms with Crippen LogP contribution < -0.4 is 20.7 Å². The molecule has 5 heteroatoms. The number of amides is 2. The van der Waals surface area contributed by atoms with Crippen LogP contribution in [0.3, 0.4) is 0 Å². The summed E-state index contributed by atoms with van der Waals surface area (Å²) < 4.78 is 5.19. The zero-order valence-corrected chi connectivity index (χ0v) is 10.7. The van der Waals surface area contributed by atoms with Gasteiger partial charge in [0, 0.05) is 6.54 Å². The number of carbonyl (C=O) groups excluding carboxylic acids is 1. The van der Waals surface area contributed by atoms with Gasteiger partial charge in [0.1, 0.15) is 5.75 Å². The first-order valence-electron chi connectivity index (χ1n) is 6.06. The molecule has 1 aliphatic heterocycles. The molecule has 1 aromatic carbocycles. The number of rotatable bonds is 3. The Hall–Kier alpha value is -1.75. The van der Waals surface area contributed by atoms with Crippen LogP contribution in [0.25, 0.3) is 0 Å². The molecule has 0 aromatic heterocycles. The van der Waals surface area contributed by atoms with Gasteiger partial charge in [-0.1, -0.05) is 12.1 Å². The molecule has 1 fully saturated rings. The molecule has 3 N–H and O–H groups in total. The second-order valence-corrected chi connectivity index (χ2v) is 4.77. The van der Waals surface area contributed by atoms with Crippen molar-refractivity contribution in [1.29, 1.82) is 0 Å². The summed E-state index contributed by atoms with van der Waals surface area (Å²) in [4.78, 5) is 11.9. The molecular weight excluding hydrogens is 230 g/mol. The molecule has 2 amide bonds. The smallest absolute Gasteiger partial charge is 0.319 e. The monoisotopic (exact) mass is 249 g/mol. The summed E-state index contributed by atoms with van der Waals surface area (Å²) in [6.07, 6.45) is 0.937. The fraction of sp³-hybridized carbons (Fsp3) is 0.462. The molecule has 0 spiro atoms. The van der Waals surface area contributed by atoms with Crippen LogP contribution in [0, 0.1) is 0 Å². The van der Waals surface area contributed by atoms with Gasteiger partial charge in [0.15, 0.2) is 0 Å². The van der Waals surface area contributed by atoms with E-state index < -0.39 is 0 Å². The predicted molar refractivity (Wildman–Crippen MR) is 71.0 cm³/mol. The lowest BCUT2D eigenvalue weighted by Crippen LogP contribution is -2.49. The zero-order valence-electron chi connectivity index (χ0n) is 10.7. The van der Waals surface area contributed by atoms with E-state index in [1.165, 1.54) is 0 Å². The van der Waals surface area contributed by atoms with Gasteiger partial charge in [0.2, 0.25) is 0 Å². The number of para-hydroxylation sites is 2. The highest BCUT2D eigenvalue weighted by atomic mass is 16.5. The van der Waals surface area contributed by atoms with Gasteiger partial charge in [-0.05, 0) is 32.0 Å². The summed E-state index contributed by atoms with van der Waals surface area (Å²) in [6, 6.07) is 7.15. The van der Waals surface area contributed by atoms with E-state index in [0.717, 1.165) is 19.5 Å². The van der Waals surface area contributed by atoms with Gasteiger partial charge in [-0.2, -0.15) is 0 Å². The van der Waals surface area contributed by atoms with Crippen LogP contribution in [-0.4, -0.2) is 31.8 Å². The van der Waals surface area contributed by atoms with Gasteiger partial charge < -0.3 is 20.7 Å². The average Bonchev–Trinajstić information content (AvgIpc) is 2.76. The van der Waals surface area contributed by atoms with Crippen molar-refractivity contribution in [2.45, 2.75) is 18.9 Å². The molecule has 5 nitrogen and oxygen atoms in total. The minimum absolute atomic E-state index is 0.175.